The molecular formula is C24H33NO2. The van der Waals surface area contributed by atoms with Crippen molar-refractivity contribution in [2.24, 2.45) is 0 Å². The molecule has 2 rings (SSSR count). The number of hydrogen-bond donors (Lipinski definition) is 2. The summed E-state index contributed by atoms with van der Waals surface area (Å²) in [4.78, 5) is 13.1. The number of benzene rings is 2. The van der Waals surface area contributed by atoms with Gasteiger partial charge in [-0.3, -0.25) is 4.79 Å². The molecule has 2 N–H and O–H groups in total. The summed E-state index contributed by atoms with van der Waals surface area (Å²) in [5.41, 5.74) is 3.56. The monoisotopic (exact) mass is 367 g/mol. The van der Waals surface area contributed by atoms with Crippen LogP contribution in [0.5, 0.6) is 5.75 Å². The van der Waals surface area contributed by atoms with Gasteiger partial charge in [-0.05, 0) is 40.5 Å². The van der Waals surface area contributed by atoms with Crippen molar-refractivity contribution in [2.75, 3.05) is 5.32 Å². The third-order valence-corrected chi connectivity index (χ3v) is 4.82. The molecule has 0 fully saturated rings. The highest BCUT2D eigenvalue weighted by atomic mass is 16.3. The van der Waals surface area contributed by atoms with Crippen molar-refractivity contribution < 1.29 is 9.90 Å². The first kappa shape index (κ1) is 21.0. The Balaban J connectivity index is 2.54. The maximum Gasteiger partial charge on any atom is 0.255 e. The minimum absolute atomic E-state index is 0.154. The van der Waals surface area contributed by atoms with Gasteiger partial charge in [0.2, 0.25) is 0 Å². The summed E-state index contributed by atoms with van der Waals surface area (Å²) in [6.45, 7) is 16.5. The molecule has 0 unspecified atom stereocenters. The number of rotatable bonds is 3. The van der Waals surface area contributed by atoms with Crippen LogP contribution in [0.3, 0.4) is 0 Å². The SMILES string of the molecule is CC(C)c1ccccc1NC(=O)c1cc(C(C)(C)C)c(O)c(C(C)(C)C)c1. The molecule has 3 heteroatoms. The number of para-hydroxylation sites is 1. The number of nitrogens with one attached hydrogen (secondary N) is 1. The normalized spacial score (nSPS) is 12.3. The minimum Gasteiger partial charge on any atom is -0.507 e. The fourth-order valence-electron chi connectivity index (χ4n) is 3.22. The second-order valence-corrected chi connectivity index (χ2v) is 9.62. The zero-order valence-corrected chi connectivity index (χ0v) is 17.9. The standard InChI is InChI=1S/C24H33NO2/c1-15(2)17-11-9-10-12-20(17)25-22(27)16-13-18(23(3,4)5)21(26)19(14-16)24(6,7)8/h9-15,26H,1-8H3,(H,25,27). The Kier molecular flexibility index (Phi) is 5.74. The van der Waals surface area contributed by atoms with Crippen LogP contribution in [0.1, 0.15) is 88.4 Å². The van der Waals surface area contributed by atoms with Crippen molar-refractivity contribution in [3.8, 4) is 5.75 Å². The molecule has 0 saturated carbocycles. The van der Waals surface area contributed by atoms with Crippen molar-refractivity contribution >= 4 is 11.6 Å². The molecule has 0 saturated heterocycles. The molecule has 1 amide bonds. The minimum atomic E-state index is -0.268. The van der Waals surface area contributed by atoms with Crippen LogP contribution >= 0.6 is 0 Å². The van der Waals surface area contributed by atoms with Gasteiger partial charge in [-0.15, -0.1) is 0 Å². The van der Waals surface area contributed by atoms with E-state index >= 15 is 0 Å². The molecule has 0 aliphatic heterocycles. The second kappa shape index (κ2) is 7.38. The number of anilines is 1. The second-order valence-electron chi connectivity index (χ2n) is 9.62. The number of aromatic hydroxyl groups is 1. The topological polar surface area (TPSA) is 49.3 Å². The Morgan fingerprint density at radius 2 is 1.41 bits per heavy atom. The lowest BCUT2D eigenvalue weighted by molar-refractivity contribution is 0.102. The van der Waals surface area contributed by atoms with Crippen LogP contribution in [0, 0.1) is 0 Å². The molecule has 27 heavy (non-hydrogen) atoms. The first-order valence-corrected chi connectivity index (χ1v) is 9.60. The lowest BCUT2D eigenvalue weighted by Crippen LogP contribution is -2.21. The number of amides is 1. The largest absolute Gasteiger partial charge is 0.507 e. The molecule has 0 aliphatic carbocycles. The molecule has 0 aliphatic rings. The summed E-state index contributed by atoms with van der Waals surface area (Å²) < 4.78 is 0. The summed E-state index contributed by atoms with van der Waals surface area (Å²) in [7, 11) is 0. The molecule has 0 atom stereocenters. The molecule has 146 valence electrons. The maximum absolute atomic E-state index is 13.1. The highest BCUT2D eigenvalue weighted by molar-refractivity contribution is 6.05. The average molecular weight is 368 g/mol. The van der Waals surface area contributed by atoms with E-state index in [0.29, 0.717) is 11.5 Å². The van der Waals surface area contributed by atoms with Crippen LogP contribution in [-0.2, 0) is 10.8 Å². The molecule has 2 aromatic carbocycles. The Labute approximate surface area is 163 Å². The highest BCUT2D eigenvalue weighted by Crippen LogP contribution is 2.40. The number of phenols is 1. The number of carbonyl (C=O) groups excluding carboxylic acids is 1. The molecule has 3 nitrogen and oxygen atoms in total. The van der Waals surface area contributed by atoms with Crippen molar-refractivity contribution in [3.63, 3.8) is 0 Å². The fourth-order valence-corrected chi connectivity index (χ4v) is 3.22. The zero-order chi connectivity index (χ0) is 20.6. The van der Waals surface area contributed by atoms with Gasteiger partial charge >= 0.3 is 0 Å². The van der Waals surface area contributed by atoms with Gasteiger partial charge in [0.15, 0.2) is 0 Å². The van der Waals surface area contributed by atoms with Gasteiger partial charge in [0, 0.05) is 22.4 Å². The van der Waals surface area contributed by atoms with Crippen molar-refractivity contribution in [1.29, 1.82) is 0 Å². The summed E-state index contributed by atoms with van der Waals surface area (Å²) in [5, 5.41) is 13.9. The van der Waals surface area contributed by atoms with E-state index in [0.717, 1.165) is 22.4 Å². The average Bonchev–Trinajstić information content (AvgIpc) is 2.53. The van der Waals surface area contributed by atoms with Gasteiger partial charge in [-0.1, -0.05) is 73.6 Å². The fraction of sp³-hybridized carbons (Fsp3) is 0.458. The van der Waals surface area contributed by atoms with Gasteiger partial charge in [-0.25, -0.2) is 0 Å². The molecule has 0 aromatic heterocycles. The third-order valence-electron chi connectivity index (χ3n) is 4.82. The molecule has 2 aromatic rings. The summed E-state index contributed by atoms with van der Waals surface area (Å²) >= 11 is 0. The lowest BCUT2D eigenvalue weighted by atomic mass is 9.78. The number of carbonyl (C=O) groups is 1. The van der Waals surface area contributed by atoms with Crippen LogP contribution in [-0.4, -0.2) is 11.0 Å². The lowest BCUT2D eigenvalue weighted by Gasteiger charge is -2.28. The maximum atomic E-state index is 13.1. The van der Waals surface area contributed by atoms with E-state index in [1.807, 2.05) is 77.9 Å². The highest BCUT2D eigenvalue weighted by Gasteiger charge is 2.28. The van der Waals surface area contributed by atoms with E-state index in [1.165, 1.54) is 0 Å². The third kappa shape index (κ3) is 4.71. The molecule has 0 bridgehead atoms. The van der Waals surface area contributed by atoms with E-state index in [9.17, 15) is 9.90 Å². The molecule has 0 heterocycles. The van der Waals surface area contributed by atoms with Crippen molar-refractivity contribution in [3.05, 3.63) is 58.7 Å². The first-order chi connectivity index (χ1) is 12.3. The Bertz CT molecular complexity index is 801. The van der Waals surface area contributed by atoms with Crippen LogP contribution in [0.15, 0.2) is 36.4 Å². The Morgan fingerprint density at radius 3 is 1.85 bits per heavy atom. The predicted molar refractivity (Wildman–Crippen MR) is 114 cm³/mol. The summed E-state index contributed by atoms with van der Waals surface area (Å²) in [5.74, 6) is 0.449. The first-order valence-electron chi connectivity index (χ1n) is 9.60. The molecule has 0 spiro atoms. The van der Waals surface area contributed by atoms with Gasteiger partial charge in [0.1, 0.15) is 5.75 Å². The molecular weight excluding hydrogens is 334 g/mol. The van der Waals surface area contributed by atoms with Crippen molar-refractivity contribution in [1.82, 2.24) is 0 Å². The smallest absolute Gasteiger partial charge is 0.255 e. The predicted octanol–water partition coefficient (Wildman–Crippen LogP) is 6.36. The van der Waals surface area contributed by atoms with Gasteiger partial charge in [0.25, 0.3) is 5.91 Å². The zero-order valence-electron chi connectivity index (χ0n) is 17.9. The van der Waals surface area contributed by atoms with Crippen LogP contribution in [0.4, 0.5) is 5.69 Å². The summed E-state index contributed by atoms with van der Waals surface area (Å²) in [6, 6.07) is 11.5. The summed E-state index contributed by atoms with van der Waals surface area (Å²) in [6.07, 6.45) is 0. The Hall–Kier alpha value is -2.29. The number of phenolic OH excluding ortho intramolecular Hbond substituents is 1. The van der Waals surface area contributed by atoms with Gasteiger partial charge < -0.3 is 10.4 Å². The quantitative estimate of drug-likeness (QED) is 0.663. The van der Waals surface area contributed by atoms with E-state index in [1.54, 1.807) is 0 Å². The van der Waals surface area contributed by atoms with Crippen LogP contribution < -0.4 is 5.32 Å². The van der Waals surface area contributed by atoms with E-state index < -0.39 is 0 Å². The van der Waals surface area contributed by atoms with Crippen LogP contribution in [0.2, 0.25) is 0 Å². The molecule has 0 radical (unpaired) electrons. The van der Waals surface area contributed by atoms with Crippen LogP contribution in [0.25, 0.3) is 0 Å². The number of hydrogen-bond acceptors (Lipinski definition) is 2. The Morgan fingerprint density at radius 1 is 0.926 bits per heavy atom. The van der Waals surface area contributed by atoms with E-state index in [-0.39, 0.29) is 22.5 Å². The van der Waals surface area contributed by atoms with Gasteiger partial charge in [-0.2, -0.15) is 0 Å². The van der Waals surface area contributed by atoms with Crippen molar-refractivity contribution in [2.45, 2.75) is 72.1 Å². The van der Waals surface area contributed by atoms with E-state index in [4.69, 9.17) is 0 Å². The van der Waals surface area contributed by atoms with E-state index in [2.05, 4.69) is 19.2 Å². The van der Waals surface area contributed by atoms with Gasteiger partial charge in [0.05, 0.1) is 0 Å².